The molecular formula is C15H27N3O. The van der Waals surface area contributed by atoms with E-state index in [4.69, 9.17) is 5.73 Å². The van der Waals surface area contributed by atoms with Crippen LogP contribution in [0.25, 0.3) is 0 Å². The highest BCUT2D eigenvalue weighted by Gasteiger charge is 2.37. The average Bonchev–Trinajstić information content (AvgIpc) is 3.25. The fourth-order valence-corrected chi connectivity index (χ4v) is 3.59. The molecule has 1 aliphatic heterocycles. The third-order valence-electron chi connectivity index (χ3n) is 5.13. The normalized spacial score (nSPS) is 29.1. The van der Waals surface area contributed by atoms with Crippen LogP contribution < -0.4 is 11.1 Å². The summed E-state index contributed by atoms with van der Waals surface area (Å²) in [6.45, 7) is 2.29. The molecule has 3 fully saturated rings. The van der Waals surface area contributed by atoms with Crippen LogP contribution in [-0.4, -0.2) is 41.5 Å². The Morgan fingerprint density at radius 3 is 2.26 bits per heavy atom. The van der Waals surface area contributed by atoms with Crippen molar-refractivity contribution in [2.45, 2.75) is 75.4 Å². The van der Waals surface area contributed by atoms with Crippen molar-refractivity contribution in [2.75, 3.05) is 13.1 Å². The Balaban J connectivity index is 1.47. The lowest BCUT2D eigenvalue weighted by atomic mass is 9.81. The second-order valence-electron chi connectivity index (χ2n) is 6.73. The van der Waals surface area contributed by atoms with Crippen molar-refractivity contribution < 1.29 is 4.79 Å². The first-order valence-electron chi connectivity index (χ1n) is 8.01. The van der Waals surface area contributed by atoms with Gasteiger partial charge in [-0.25, -0.2) is 0 Å². The molecule has 0 aromatic carbocycles. The first kappa shape index (κ1) is 13.4. The Kier molecular flexibility index (Phi) is 3.81. The molecule has 0 radical (unpaired) electrons. The highest BCUT2D eigenvalue weighted by molar-refractivity contribution is 5.86. The number of carbonyl (C=O) groups is 1. The van der Waals surface area contributed by atoms with Crippen molar-refractivity contribution in [2.24, 2.45) is 5.73 Å². The summed E-state index contributed by atoms with van der Waals surface area (Å²) >= 11 is 0. The summed E-state index contributed by atoms with van der Waals surface area (Å²) in [6.07, 6.45) is 10.1. The van der Waals surface area contributed by atoms with Crippen molar-refractivity contribution in [3.8, 4) is 0 Å². The van der Waals surface area contributed by atoms with Crippen molar-refractivity contribution in [1.82, 2.24) is 10.2 Å². The largest absolute Gasteiger partial charge is 0.352 e. The Hall–Kier alpha value is -0.610. The third-order valence-corrected chi connectivity index (χ3v) is 5.13. The molecule has 3 aliphatic rings. The molecule has 0 bridgehead atoms. The molecule has 1 saturated heterocycles. The van der Waals surface area contributed by atoms with Gasteiger partial charge >= 0.3 is 0 Å². The first-order valence-corrected chi connectivity index (χ1v) is 8.01. The van der Waals surface area contributed by atoms with Gasteiger partial charge < -0.3 is 16.0 Å². The van der Waals surface area contributed by atoms with E-state index in [1.165, 1.54) is 19.3 Å². The van der Waals surface area contributed by atoms with Crippen molar-refractivity contribution in [3.05, 3.63) is 0 Å². The molecule has 2 saturated carbocycles. The quantitative estimate of drug-likeness (QED) is 0.811. The van der Waals surface area contributed by atoms with E-state index < -0.39 is 5.54 Å². The highest BCUT2D eigenvalue weighted by atomic mass is 16.2. The maximum absolute atomic E-state index is 12.4. The Morgan fingerprint density at radius 1 is 1.05 bits per heavy atom. The van der Waals surface area contributed by atoms with E-state index >= 15 is 0 Å². The molecule has 0 aromatic heterocycles. The minimum absolute atomic E-state index is 0.108. The van der Waals surface area contributed by atoms with Crippen LogP contribution in [0.3, 0.4) is 0 Å². The van der Waals surface area contributed by atoms with Gasteiger partial charge in [0.15, 0.2) is 0 Å². The van der Waals surface area contributed by atoms with E-state index in [0.717, 1.165) is 57.7 Å². The van der Waals surface area contributed by atoms with Gasteiger partial charge in [-0.3, -0.25) is 4.79 Å². The number of nitrogens with zero attached hydrogens (tertiary/aromatic N) is 1. The predicted molar refractivity (Wildman–Crippen MR) is 75.8 cm³/mol. The van der Waals surface area contributed by atoms with Gasteiger partial charge in [-0.05, 0) is 38.5 Å². The summed E-state index contributed by atoms with van der Waals surface area (Å²) in [4.78, 5) is 15.0. The highest BCUT2D eigenvalue weighted by Crippen LogP contribution is 2.30. The lowest BCUT2D eigenvalue weighted by Gasteiger charge is -2.36. The third kappa shape index (κ3) is 3.11. The summed E-state index contributed by atoms with van der Waals surface area (Å²) in [5.41, 5.74) is 5.71. The van der Waals surface area contributed by atoms with E-state index in [0.29, 0.717) is 6.04 Å². The molecule has 4 nitrogen and oxygen atoms in total. The van der Waals surface area contributed by atoms with Crippen molar-refractivity contribution in [1.29, 1.82) is 0 Å². The zero-order valence-electron chi connectivity index (χ0n) is 11.9. The monoisotopic (exact) mass is 265 g/mol. The van der Waals surface area contributed by atoms with Gasteiger partial charge in [0.05, 0.1) is 5.54 Å². The standard InChI is InChI=1S/C15H27N3O/c16-15(8-2-1-3-9-15)14(19)17-12-6-10-18(11-7-12)13-4-5-13/h12-13H,1-11,16H2,(H,17,19). The molecule has 0 atom stereocenters. The zero-order valence-corrected chi connectivity index (χ0v) is 11.9. The fraction of sp³-hybridized carbons (Fsp3) is 0.933. The lowest BCUT2D eigenvalue weighted by Crippen LogP contribution is -2.58. The molecule has 0 spiro atoms. The molecule has 108 valence electrons. The van der Waals surface area contributed by atoms with Crippen LogP contribution >= 0.6 is 0 Å². The minimum atomic E-state index is -0.578. The van der Waals surface area contributed by atoms with Crippen LogP contribution in [0.4, 0.5) is 0 Å². The van der Waals surface area contributed by atoms with Gasteiger partial charge in [-0.15, -0.1) is 0 Å². The fourth-order valence-electron chi connectivity index (χ4n) is 3.59. The molecule has 2 aliphatic carbocycles. The van der Waals surface area contributed by atoms with Crippen LogP contribution in [0.15, 0.2) is 0 Å². The number of nitrogens with one attached hydrogen (secondary N) is 1. The molecular weight excluding hydrogens is 238 g/mol. The zero-order chi connectivity index (χ0) is 13.3. The molecule has 1 heterocycles. The Labute approximate surface area is 116 Å². The summed E-state index contributed by atoms with van der Waals surface area (Å²) in [7, 11) is 0. The van der Waals surface area contributed by atoms with Crippen LogP contribution in [0.5, 0.6) is 0 Å². The number of hydrogen-bond acceptors (Lipinski definition) is 3. The number of hydrogen-bond donors (Lipinski definition) is 2. The maximum atomic E-state index is 12.4. The van der Waals surface area contributed by atoms with Gasteiger partial charge in [0.1, 0.15) is 0 Å². The molecule has 0 aromatic rings. The van der Waals surface area contributed by atoms with Crippen LogP contribution in [0, 0.1) is 0 Å². The smallest absolute Gasteiger partial charge is 0.240 e. The van der Waals surface area contributed by atoms with Gasteiger partial charge in [-0.1, -0.05) is 19.3 Å². The number of piperidine rings is 1. The van der Waals surface area contributed by atoms with Crippen molar-refractivity contribution >= 4 is 5.91 Å². The van der Waals surface area contributed by atoms with E-state index in [2.05, 4.69) is 10.2 Å². The Bertz CT molecular complexity index is 326. The SMILES string of the molecule is NC1(C(=O)NC2CCN(C3CC3)CC2)CCCCC1. The van der Waals surface area contributed by atoms with Crippen LogP contribution in [0.1, 0.15) is 57.8 Å². The number of likely N-dealkylation sites (tertiary alicyclic amines) is 1. The van der Waals surface area contributed by atoms with Gasteiger partial charge in [-0.2, -0.15) is 0 Å². The summed E-state index contributed by atoms with van der Waals surface area (Å²) in [5.74, 6) is 0.108. The number of carbonyl (C=O) groups excluding carboxylic acids is 1. The predicted octanol–water partition coefficient (Wildman–Crippen LogP) is 1.39. The second kappa shape index (κ2) is 5.41. The topological polar surface area (TPSA) is 58.4 Å². The summed E-state index contributed by atoms with van der Waals surface area (Å²) in [5, 5.41) is 3.22. The molecule has 3 N–H and O–H groups in total. The van der Waals surface area contributed by atoms with Crippen molar-refractivity contribution in [3.63, 3.8) is 0 Å². The number of amides is 1. The van der Waals surface area contributed by atoms with Crippen LogP contribution in [0.2, 0.25) is 0 Å². The maximum Gasteiger partial charge on any atom is 0.240 e. The Morgan fingerprint density at radius 2 is 1.68 bits per heavy atom. The van der Waals surface area contributed by atoms with E-state index in [1.54, 1.807) is 0 Å². The van der Waals surface area contributed by atoms with E-state index in [1.807, 2.05) is 0 Å². The van der Waals surface area contributed by atoms with E-state index in [-0.39, 0.29) is 5.91 Å². The first-order chi connectivity index (χ1) is 9.17. The molecule has 19 heavy (non-hydrogen) atoms. The molecule has 3 rings (SSSR count). The molecule has 1 amide bonds. The molecule has 0 unspecified atom stereocenters. The van der Waals surface area contributed by atoms with Crippen LogP contribution in [-0.2, 0) is 4.79 Å². The average molecular weight is 265 g/mol. The van der Waals surface area contributed by atoms with Gasteiger partial charge in [0.2, 0.25) is 5.91 Å². The minimum Gasteiger partial charge on any atom is -0.352 e. The number of nitrogens with two attached hydrogens (primary N) is 1. The summed E-state index contributed by atoms with van der Waals surface area (Å²) < 4.78 is 0. The second-order valence-corrected chi connectivity index (χ2v) is 6.73. The summed E-state index contributed by atoms with van der Waals surface area (Å²) in [6, 6.07) is 1.21. The van der Waals surface area contributed by atoms with E-state index in [9.17, 15) is 4.79 Å². The number of rotatable bonds is 3. The molecule has 4 heteroatoms. The van der Waals surface area contributed by atoms with Gasteiger partial charge in [0.25, 0.3) is 0 Å². The van der Waals surface area contributed by atoms with Gasteiger partial charge in [0, 0.05) is 25.2 Å². The lowest BCUT2D eigenvalue weighted by molar-refractivity contribution is -0.128.